The average molecular weight is 248 g/mol. The van der Waals surface area contributed by atoms with Crippen molar-refractivity contribution in [2.24, 2.45) is 5.92 Å². The lowest BCUT2D eigenvalue weighted by Gasteiger charge is -2.20. The molecule has 4 heteroatoms. The number of benzene rings is 1. The number of carbonyl (C=O) groups is 1. The summed E-state index contributed by atoms with van der Waals surface area (Å²) in [7, 11) is 3.45. The van der Waals surface area contributed by atoms with E-state index in [-0.39, 0.29) is 11.9 Å². The zero-order valence-corrected chi connectivity index (χ0v) is 11.4. The molecule has 1 aromatic carbocycles. The summed E-state index contributed by atoms with van der Waals surface area (Å²) in [6.07, 6.45) is 0. The van der Waals surface area contributed by atoms with Crippen LogP contribution in [0.3, 0.4) is 0 Å². The van der Waals surface area contributed by atoms with E-state index >= 15 is 0 Å². The van der Waals surface area contributed by atoms with Crippen molar-refractivity contribution in [3.05, 3.63) is 23.8 Å². The number of anilines is 1. The van der Waals surface area contributed by atoms with Gasteiger partial charge in [-0.05, 0) is 31.2 Å². The van der Waals surface area contributed by atoms with Gasteiger partial charge >= 0.3 is 0 Å². The number of methoxy groups -OCH3 is 1. The third kappa shape index (κ3) is 2.08. The summed E-state index contributed by atoms with van der Waals surface area (Å²) in [4.78, 5) is 14.2. The van der Waals surface area contributed by atoms with E-state index in [9.17, 15) is 4.79 Å². The maximum Gasteiger partial charge on any atom is 0.248 e. The van der Waals surface area contributed by atoms with E-state index < -0.39 is 0 Å². The van der Waals surface area contributed by atoms with Crippen LogP contribution in [0.1, 0.15) is 25.5 Å². The van der Waals surface area contributed by atoms with Gasteiger partial charge in [-0.3, -0.25) is 4.79 Å². The highest BCUT2D eigenvalue weighted by atomic mass is 16.5. The van der Waals surface area contributed by atoms with Gasteiger partial charge in [-0.1, -0.05) is 13.8 Å². The predicted octanol–water partition coefficient (Wildman–Crippen LogP) is 1.96. The van der Waals surface area contributed by atoms with Gasteiger partial charge in [0, 0.05) is 17.8 Å². The van der Waals surface area contributed by atoms with Crippen LogP contribution >= 0.6 is 0 Å². The van der Waals surface area contributed by atoms with E-state index in [4.69, 9.17) is 4.74 Å². The Morgan fingerprint density at radius 2 is 2.17 bits per heavy atom. The third-order valence-corrected chi connectivity index (χ3v) is 3.19. The molecule has 0 aliphatic carbocycles. The van der Waals surface area contributed by atoms with Crippen LogP contribution in [0.2, 0.25) is 0 Å². The van der Waals surface area contributed by atoms with Gasteiger partial charge in [-0.15, -0.1) is 0 Å². The van der Waals surface area contributed by atoms with Crippen LogP contribution < -0.4 is 15.0 Å². The summed E-state index contributed by atoms with van der Waals surface area (Å²) >= 11 is 0. The lowest BCUT2D eigenvalue weighted by molar-refractivity contribution is -0.119. The molecule has 1 aliphatic heterocycles. The maximum absolute atomic E-state index is 12.4. The quantitative estimate of drug-likeness (QED) is 0.885. The molecule has 4 nitrogen and oxygen atoms in total. The van der Waals surface area contributed by atoms with Crippen LogP contribution in [-0.4, -0.2) is 26.6 Å². The van der Waals surface area contributed by atoms with Crippen LogP contribution in [0.15, 0.2) is 18.2 Å². The first-order valence-corrected chi connectivity index (χ1v) is 6.25. The van der Waals surface area contributed by atoms with Gasteiger partial charge in [0.05, 0.1) is 7.11 Å². The number of hydrogen-bond acceptors (Lipinski definition) is 3. The molecule has 2 rings (SSSR count). The summed E-state index contributed by atoms with van der Waals surface area (Å²) in [6, 6.07) is 5.55. The summed E-state index contributed by atoms with van der Waals surface area (Å²) < 4.78 is 5.23. The minimum absolute atomic E-state index is 0.120. The Bertz CT molecular complexity index is 457. The highest BCUT2D eigenvalue weighted by molar-refractivity contribution is 6.04. The number of amides is 1. The first kappa shape index (κ1) is 12.9. The molecule has 1 amide bonds. The molecule has 0 spiro atoms. The molecule has 0 bridgehead atoms. The molecule has 0 saturated carbocycles. The standard InChI is InChI=1S/C14H20N2O2/c1-9(2)8-16-12-6-5-10(18-4)7-11(12)13(15-3)14(16)17/h5-7,9,13,15H,8H2,1-4H3. The van der Waals surface area contributed by atoms with Crippen molar-refractivity contribution in [2.45, 2.75) is 19.9 Å². The molecule has 98 valence electrons. The van der Waals surface area contributed by atoms with E-state index in [0.29, 0.717) is 5.92 Å². The Morgan fingerprint density at radius 1 is 1.44 bits per heavy atom. The van der Waals surface area contributed by atoms with Crippen LogP contribution in [0.5, 0.6) is 5.75 Å². The van der Waals surface area contributed by atoms with Gasteiger partial charge in [0.2, 0.25) is 5.91 Å². The Morgan fingerprint density at radius 3 is 2.72 bits per heavy atom. The average Bonchev–Trinajstić information content (AvgIpc) is 2.61. The van der Waals surface area contributed by atoms with Crippen LogP contribution in [0.4, 0.5) is 5.69 Å². The first-order valence-electron chi connectivity index (χ1n) is 6.25. The highest BCUT2D eigenvalue weighted by Gasteiger charge is 2.36. The van der Waals surface area contributed by atoms with Gasteiger partial charge in [0.1, 0.15) is 11.8 Å². The minimum Gasteiger partial charge on any atom is -0.497 e. The van der Waals surface area contributed by atoms with Crippen LogP contribution in [-0.2, 0) is 4.79 Å². The van der Waals surface area contributed by atoms with Crippen LogP contribution in [0.25, 0.3) is 0 Å². The number of rotatable bonds is 4. The van der Waals surface area contributed by atoms with Crippen molar-refractivity contribution in [1.82, 2.24) is 5.32 Å². The molecule has 1 unspecified atom stereocenters. The van der Waals surface area contributed by atoms with Gasteiger partial charge in [0.15, 0.2) is 0 Å². The summed E-state index contributed by atoms with van der Waals surface area (Å²) in [5.41, 5.74) is 2.00. The largest absolute Gasteiger partial charge is 0.497 e. The third-order valence-electron chi connectivity index (χ3n) is 3.19. The van der Waals surface area contributed by atoms with Gasteiger partial charge < -0.3 is 15.0 Å². The molecular weight excluding hydrogens is 228 g/mol. The van der Waals surface area contributed by atoms with E-state index in [1.165, 1.54) is 0 Å². The van der Waals surface area contributed by atoms with Crippen molar-refractivity contribution < 1.29 is 9.53 Å². The van der Waals surface area contributed by atoms with Crippen LogP contribution in [0, 0.1) is 5.92 Å². The summed E-state index contributed by atoms with van der Waals surface area (Å²) in [5.74, 6) is 1.35. The first-order chi connectivity index (χ1) is 8.58. The zero-order valence-electron chi connectivity index (χ0n) is 11.4. The van der Waals surface area contributed by atoms with E-state index in [0.717, 1.165) is 23.5 Å². The molecule has 1 aliphatic rings. The molecule has 1 N–H and O–H groups in total. The summed E-state index contributed by atoms with van der Waals surface area (Å²) in [5, 5.41) is 3.08. The highest BCUT2D eigenvalue weighted by Crippen LogP contribution is 2.38. The van der Waals surface area contributed by atoms with Gasteiger partial charge in [-0.2, -0.15) is 0 Å². The molecule has 0 aromatic heterocycles. The Balaban J connectivity index is 2.42. The SMILES string of the molecule is CNC1C(=O)N(CC(C)C)c2ccc(OC)cc21. The molecule has 0 saturated heterocycles. The van der Waals surface area contributed by atoms with Crippen molar-refractivity contribution >= 4 is 11.6 Å². The molecule has 0 radical (unpaired) electrons. The van der Waals surface area contributed by atoms with Crippen molar-refractivity contribution in [1.29, 1.82) is 0 Å². The van der Waals surface area contributed by atoms with E-state index in [2.05, 4.69) is 19.2 Å². The number of likely N-dealkylation sites (N-methyl/N-ethyl adjacent to an activating group) is 1. The van der Waals surface area contributed by atoms with Crippen molar-refractivity contribution in [2.75, 3.05) is 25.6 Å². The number of carbonyl (C=O) groups excluding carboxylic acids is 1. The fourth-order valence-electron chi connectivity index (χ4n) is 2.38. The predicted molar refractivity (Wildman–Crippen MR) is 72.0 cm³/mol. The van der Waals surface area contributed by atoms with Crippen molar-refractivity contribution in [3.8, 4) is 5.75 Å². The minimum atomic E-state index is -0.256. The number of hydrogen-bond donors (Lipinski definition) is 1. The number of nitrogens with zero attached hydrogens (tertiary/aromatic N) is 1. The zero-order chi connectivity index (χ0) is 13.3. The fraction of sp³-hybridized carbons (Fsp3) is 0.500. The van der Waals surface area contributed by atoms with Crippen molar-refractivity contribution in [3.63, 3.8) is 0 Å². The second-order valence-corrected chi connectivity index (χ2v) is 4.99. The molecule has 0 fully saturated rings. The number of fused-ring (bicyclic) bond motifs is 1. The topological polar surface area (TPSA) is 41.6 Å². The Kier molecular flexibility index (Phi) is 3.57. The number of nitrogens with one attached hydrogen (secondary N) is 1. The Labute approximate surface area is 108 Å². The normalized spacial score (nSPS) is 18.4. The van der Waals surface area contributed by atoms with Gasteiger partial charge in [0.25, 0.3) is 0 Å². The monoisotopic (exact) mass is 248 g/mol. The smallest absolute Gasteiger partial charge is 0.248 e. The lowest BCUT2D eigenvalue weighted by Crippen LogP contribution is -2.35. The molecule has 1 atom stereocenters. The van der Waals surface area contributed by atoms with E-state index in [1.807, 2.05) is 30.1 Å². The van der Waals surface area contributed by atoms with Gasteiger partial charge in [-0.25, -0.2) is 0 Å². The molecule has 1 heterocycles. The second-order valence-electron chi connectivity index (χ2n) is 4.99. The molecular formula is C14H20N2O2. The number of ether oxygens (including phenoxy) is 1. The fourth-order valence-corrected chi connectivity index (χ4v) is 2.38. The second kappa shape index (κ2) is 4.98. The molecule has 18 heavy (non-hydrogen) atoms. The Hall–Kier alpha value is -1.55. The maximum atomic E-state index is 12.4. The van der Waals surface area contributed by atoms with E-state index in [1.54, 1.807) is 7.11 Å². The molecule has 1 aromatic rings. The summed E-state index contributed by atoms with van der Waals surface area (Å²) in [6.45, 7) is 4.97. The lowest BCUT2D eigenvalue weighted by atomic mass is 10.1.